The van der Waals surface area contributed by atoms with Gasteiger partial charge in [0.25, 0.3) is 0 Å². The lowest BCUT2D eigenvalue weighted by molar-refractivity contribution is -0.174. The fourth-order valence-electron chi connectivity index (χ4n) is 1.52. The number of aromatic nitrogens is 2. The Bertz CT molecular complexity index is 458. The fourth-order valence-corrected chi connectivity index (χ4v) is 2.00. The summed E-state index contributed by atoms with van der Waals surface area (Å²) in [6.45, 7) is 0.242. The van der Waals surface area contributed by atoms with E-state index in [1.807, 2.05) is 0 Å². The van der Waals surface area contributed by atoms with Gasteiger partial charge >= 0.3 is 6.18 Å². The summed E-state index contributed by atoms with van der Waals surface area (Å²) in [5, 5.41) is 4.13. The second-order valence-corrected chi connectivity index (χ2v) is 4.90. The number of aryl methyl sites for hydroxylation is 2. The molecule has 0 spiro atoms. The number of carbonyl (C=O) groups excluding carboxylic acids is 1. The van der Waals surface area contributed by atoms with Gasteiger partial charge < -0.3 is 4.74 Å². The van der Waals surface area contributed by atoms with E-state index in [9.17, 15) is 18.0 Å². The normalized spacial score (nSPS) is 11.9. The van der Waals surface area contributed by atoms with E-state index in [0.29, 0.717) is 5.69 Å². The average molecular weight is 343 g/mol. The number of nitrogens with zero attached hydrogens (tertiary/aromatic N) is 2. The molecule has 0 N–H and O–H groups in total. The molecule has 8 heteroatoms. The molecule has 1 rings (SSSR count). The van der Waals surface area contributed by atoms with Crippen molar-refractivity contribution in [2.24, 2.45) is 7.05 Å². The van der Waals surface area contributed by atoms with Crippen molar-refractivity contribution < 1.29 is 22.7 Å². The third-order valence-electron chi connectivity index (χ3n) is 2.42. The maximum absolute atomic E-state index is 11.8. The maximum atomic E-state index is 11.8. The van der Waals surface area contributed by atoms with Crippen LogP contribution >= 0.6 is 15.9 Å². The van der Waals surface area contributed by atoms with Gasteiger partial charge in [0, 0.05) is 19.9 Å². The summed E-state index contributed by atoms with van der Waals surface area (Å²) in [4.78, 5) is 11.6. The van der Waals surface area contributed by atoms with Crippen LogP contribution in [-0.2, 0) is 23.0 Å². The van der Waals surface area contributed by atoms with Crippen molar-refractivity contribution in [1.82, 2.24) is 9.78 Å². The highest BCUT2D eigenvalue weighted by atomic mass is 79.9. The van der Waals surface area contributed by atoms with Crippen LogP contribution in [0.25, 0.3) is 0 Å². The van der Waals surface area contributed by atoms with Crippen LogP contribution in [0.1, 0.15) is 17.8 Å². The van der Waals surface area contributed by atoms with Gasteiger partial charge in [-0.3, -0.25) is 9.48 Å². The van der Waals surface area contributed by atoms with E-state index in [4.69, 9.17) is 0 Å². The molecule has 0 aliphatic heterocycles. The van der Waals surface area contributed by atoms with Crippen LogP contribution in [0.3, 0.4) is 0 Å². The molecule has 0 amide bonds. The molecular formula is C11H14BrF3N2O2. The monoisotopic (exact) mass is 342 g/mol. The average Bonchev–Trinajstić information content (AvgIpc) is 2.50. The SMILES string of the molecule is Cc1nn(C)c(CC(=O)CCOCC(F)(F)F)c1Br. The standard InChI is InChI=1S/C11H14BrF3N2O2/c1-7-10(12)9(17(2)16-7)5-8(18)3-4-19-6-11(13,14)15/h3-6H2,1-2H3. The molecule has 0 saturated heterocycles. The van der Waals surface area contributed by atoms with Crippen molar-refractivity contribution in [1.29, 1.82) is 0 Å². The second kappa shape index (κ2) is 6.51. The lowest BCUT2D eigenvalue weighted by atomic mass is 10.1. The van der Waals surface area contributed by atoms with Gasteiger partial charge in [0.1, 0.15) is 12.4 Å². The molecule has 0 saturated carbocycles. The number of alkyl halides is 3. The summed E-state index contributed by atoms with van der Waals surface area (Å²) < 4.78 is 42.1. The molecule has 1 aromatic heterocycles. The van der Waals surface area contributed by atoms with Gasteiger partial charge in [0.05, 0.1) is 22.5 Å². The van der Waals surface area contributed by atoms with Gasteiger partial charge in [0.15, 0.2) is 0 Å². The van der Waals surface area contributed by atoms with Crippen molar-refractivity contribution in [2.45, 2.75) is 25.9 Å². The van der Waals surface area contributed by atoms with Crippen LogP contribution in [0, 0.1) is 6.92 Å². The first-order valence-corrected chi connectivity index (χ1v) is 6.34. The molecule has 0 atom stereocenters. The van der Waals surface area contributed by atoms with Crippen LogP contribution in [0.15, 0.2) is 4.47 Å². The minimum Gasteiger partial charge on any atom is -0.372 e. The van der Waals surface area contributed by atoms with E-state index < -0.39 is 12.8 Å². The van der Waals surface area contributed by atoms with Crippen LogP contribution in [-0.4, -0.2) is 35.0 Å². The quantitative estimate of drug-likeness (QED) is 0.746. The lowest BCUT2D eigenvalue weighted by Gasteiger charge is -2.07. The zero-order chi connectivity index (χ0) is 14.6. The van der Waals surface area contributed by atoms with Gasteiger partial charge in [-0.25, -0.2) is 0 Å². The summed E-state index contributed by atoms with van der Waals surface area (Å²) in [6, 6.07) is 0. The van der Waals surface area contributed by atoms with Gasteiger partial charge in [-0.15, -0.1) is 0 Å². The Labute approximate surface area is 117 Å². The highest BCUT2D eigenvalue weighted by Crippen LogP contribution is 2.21. The van der Waals surface area contributed by atoms with E-state index in [-0.39, 0.29) is 25.2 Å². The zero-order valence-corrected chi connectivity index (χ0v) is 12.1. The molecule has 0 unspecified atom stereocenters. The van der Waals surface area contributed by atoms with E-state index >= 15 is 0 Å². The molecule has 1 heterocycles. The third-order valence-corrected chi connectivity index (χ3v) is 3.45. The molecule has 108 valence electrons. The molecule has 0 radical (unpaired) electrons. The summed E-state index contributed by atoms with van der Waals surface area (Å²) in [5.74, 6) is -0.189. The molecule has 0 bridgehead atoms. The van der Waals surface area contributed by atoms with Crippen molar-refractivity contribution in [3.8, 4) is 0 Å². The van der Waals surface area contributed by atoms with Gasteiger partial charge in [0.2, 0.25) is 0 Å². The summed E-state index contributed by atoms with van der Waals surface area (Å²) in [5.41, 5.74) is 1.47. The summed E-state index contributed by atoms with van der Waals surface area (Å²) in [7, 11) is 1.71. The number of halogens is 4. The molecule has 4 nitrogen and oxygen atoms in total. The molecule has 0 fully saturated rings. The number of hydrogen-bond donors (Lipinski definition) is 0. The molecule has 0 aromatic carbocycles. The van der Waals surface area contributed by atoms with Crippen LogP contribution in [0.4, 0.5) is 13.2 Å². The zero-order valence-electron chi connectivity index (χ0n) is 10.6. The molecule has 0 aliphatic carbocycles. The van der Waals surface area contributed by atoms with E-state index in [1.54, 1.807) is 18.7 Å². The van der Waals surface area contributed by atoms with Crippen molar-refractivity contribution in [2.75, 3.05) is 13.2 Å². The maximum Gasteiger partial charge on any atom is 0.411 e. The number of ketones is 1. The predicted molar refractivity (Wildman–Crippen MR) is 65.8 cm³/mol. The first-order chi connectivity index (χ1) is 8.70. The Hall–Kier alpha value is -0.890. The lowest BCUT2D eigenvalue weighted by Crippen LogP contribution is -2.19. The number of ether oxygens (including phenoxy) is 1. The highest BCUT2D eigenvalue weighted by Gasteiger charge is 2.27. The summed E-state index contributed by atoms with van der Waals surface area (Å²) >= 11 is 3.32. The smallest absolute Gasteiger partial charge is 0.372 e. The van der Waals surface area contributed by atoms with E-state index in [2.05, 4.69) is 25.8 Å². The number of hydrogen-bond acceptors (Lipinski definition) is 3. The Kier molecular flexibility index (Phi) is 5.54. The Morgan fingerprint density at radius 1 is 1.47 bits per heavy atom. The van der Waals surface area contributed by atoms with Crippen LogP contribution < -0.4 is 0 Å². The Morgan fingerprint density at radius 2 is 2.11 bits per heavy atom. The van der Waals surface area contributed by atoms with Crippen molar-refractivity contribution in [3.05, 3.63) is 15.9 Å². The minimum atomic E-state index is -4.36. The number of Topliss-reactive ketones (excluding diaryl/α,β-unsaturated/α-hetero) is 1. The Balaban J connectivity index is 2.40. The van der Waals surface area contributed by atoms with E-state index in [0.717, 1.165) is 10.2 Å². The highest BCUT2D eigenvalue weighted by molar-refractivity contribution is 9.10. The molecule has 0 aliphatic rings. The molecular weight excluding hydrogens is 329 g/mol. The molecule has 1 aromatic rings. The fraction of sp³-hybridized carbons (Fsp3) is 0.636. The summed E-state index contributed by atoms with van der Waals surface area (Å²) in [6.07, 6.45) is -4.29. The van der Waals surface area contributed by atoms with Crippen LogP contribution in [0.2, 0.25) is 0 Å². The topological polar surface area (TPSA) is 44.1 Å². The molecule has 19 heavy (non-hydrogen) atoms. The largest absolute Gasteiger partial charge is 0.411 e. The predicted octanol–water partition coefficient (Wildman–Crippen LogP) is 2.57. The van der Waals surface area contributed by atoms with Gasteiger partial charge in [-0.1, -0.05) is 0 Å². The second-order valence-electron chi connectivity index (χ2n) is 4.10. The van der Waals surface area contributed by atoms with E-state index in [1.165, 1.54) is 0 Å². The first-order valence-electron chi connectivity index (χ1n) is 5.55. The number of rotatable bonds is 6. The van der Waals surface area contributed by atoms with Crippen molar-refractivity contribution >= 4 is 21.7 Å². The first kappa shape index (κ1) is 16.2. The van der Waals surface area contributed by atoms with Gasteiger partial charge in [-0.2, -0.15) is 18.3 Å². The van der Waals surface area contributed by atoms with Gasteiger partial charge in [-0.05, 0) is 22.9 Å². The minimum absolute atomic E-state index is 0.0489. The van der Waals surface area contributed by atoms with Crippen molar-refractivity contribution in [3.63, 3.8) is 0 Å². The van der Waals surface area contributed by atoms with Crippen LogP contribution in [0.5, 0.6) is 0 Å². The third kappa shape index (κ3) is 5.32. The Morgan fingerprint density at radius 3 is 2.58 bits per heavy atom. The number of carbonyl (C=O) groups is 1.